The Hall–Kier alpha value is -1.26. The highest BCUT2D eigenvalue weighted by molar-refractivity contribution is 6.28. The zero-order valence-electron chi connectivity index (χ0n) is 6.53. The van der Waals surface area contributed by atoms with Crippen LogP contribution in [0, 0.1) is 0 Å². The molecule has 2 aromatic rings. The summed E-state index contributed by atoms with van der Waals surface area (Å²) in [5.41, 5.74) is 0.461. The zero-order chi connectivity index (χ0) is 9.26. The van der Waals surface area contributed by atoms with Gasteiger partial charge in [-0.1, -0.05) is 5.16 Å². The third-order valence-electron chi connectivity index (χ3n) is 1.54. The Morgan fingerprint density at radius 3 is 2.77 bits per heavy atom. The van der Waals surface area contributed by atoms with Gasteiger partial charge in [-0.15, -0.1) is 0 Å². The first-order chi connectivity index (χ1) is 6.29. The lowest BCUT2D eigenvalue weighted by molar-refractivity contribution is 0.267. The number of aliphatic hydroxyl groups is 1. The summed E-state index contributed by atoms with van der Waals surface area (Å²) in [4.78, 5) is 0. The summed E-state index contributed by atoms with van der Waals surface area (Å²) < 4.78 is 9.97. The number of nitrogens with zero attached hydrogens (tertiary/aromatic N) is 1. The van der Waals surface area contributed by atoms with Gasteiger partial charge in [-0.25, -0.2) is 0 Å². The number of hydrogen-bond donors (Lipinski definition) is 1. The first kappa shape index (κ1) is 8.34. The van der Waals surface area contributed by atoms with Gasteiger partial charge in [0, 0.05) is 6.07 Å². The lowest BCUT2D eigenvalue weighted by Crippen LogP contribution is -1.78. The topological polar surface area (TPSA) is 59.4 Å². The van der Waals surface area contributed by atoms with Gasteiger partial charge < -0.3 is 14.0 Å². The summed E-state index contributed by atoms with van der Waals surface area (Å²) >= 11 is 5.57. The lowest BCUT2D eigenvalue weighted by Gasteiger charge is -1.84. The van der Waals surface area contributed by atoms with Crippen LogP contribution < -0.4 is 0 Å². The molecule has 0 bridgehead atoms. The molecule has 0 saturated heterocycles. The predicted molar refractivity (Wildman–Crippen MR) is 45.1 cm³/mol. The molecule has 2 rings (SSSR count). The maximum atomic E-state index is 8.72. The SMILES string of the molecule is OCc1cc(-c2ccc(Cl)o2)on1. The summed E-state index contributed by atoms with van der Waals surface area (Å²) in [5, 5.41) is 12.6. The van der Waals surface area contributed by atoms with Crippen molar-refractivity contribution in [1.29, 1.82) is 0 Å². The molecule has 2 aromatic heterocycles. The Kier molecular flexibility index (Phi) is 2.08. The average molecular weight is 200 g/mol. The maximum Gasteiger partial charge on any atom is 0.202 e. The molecule has 0 fully saturated rings. The van der Waals surface area contributed by atoms with Crippen molar-refractivity contribution < 1.29 is 14.0 Å². The number of furan rings is 1. The summed E-state index contributed by atoms with van der Waals surface area (Å²) in [6, 6.07) is 4.87. The minimum Gasteiger partial charge on any atom is -0.441 e. The first-order valence-corrected chi connectivity index (χ1v) is 3.99. The highest BCUT2D eigenvalue weighted by Gasteiger charge is 2.09. The standard InChI is InChI=1S/C8H6ClNO3/c9-8-2-1-6(12-8)7-3-5(4-11)10-13-7/h1-3,11H,4H2. The first-order valence-electron chi connectivity index (χ1n) is 3.62. The highest BCUT2D eigenvalue weighted by Crippen LogP contribution is 2.24. The zero-order valence-corrected chi connectivity index (χ0v) is 7.28. The fourth-order valence-corrected chi connectivity index (χ4v) is 1.10. The molecule has 2 heterocycles. The van der Waals surface area contributed by atoms with Gasteiger partial charge >= 0.3 is 0 Å². The minimum absolute atomic E-state index is 0.155. The van der Waals surface area contributed by atoms with Gasteiger partial charge in [0.15, 0.2) is 11.0 Å². The minimum atomic E-state index is -0.155. The Morgan fingerprint density at radius 2 is 2.23 bits per heavy atom. The molecule has 0 amide bonds. The van der Waals surface area contributed by atoms with Crippen molar-refractivity contribution in [1.82, 2.24) is 5.16 Å². The molecule has 1 N–H and O–H groups in total. The van der Waals surface area contributed by atoms with Gasteiger partial charge in [-0.3, -0.25) is 0 Å². The van der Waals surface area contributed by atoms with Crippen molar-refractivity contribution in [2.45, 2.75) is 6.61 Å². The predicted octanol–water partition coefficient (Wildman–Crippen LogP) is 2.08. The summed E-state index contributed by atoms with van der Waals surface area (Å²) in [5.74, 6) is 0.952. The second-order valence-electron chi connectivity index (χ2n) is 2.44. The molecule has 0 saturated carbocycles. The summed E-state index contributed by atoms with van der Waals surface area (Å²) in [7, 11) is 0. The van der Waals surface area contributed by atoms with Gasteiger partial charge in [0.2, 0.25) is 5.76 Å². The van der Waals surface area contributed by atoms with Crippen molar-refractivity contribution in [3.63, 3.8) is 0 Å². The summed E-state index contributed by atoms with van der Waals surface area (Å²) in [6.45, 7) is -0.155. The number of aliphatic hydroxyl groups excluding tert-OH is 1. The van der Waals surface area contributed by atoms with Crippen molar-refractivity contribution in [3.8, 4) is 11.5 Å². The second-order valence-corrected chi connectivity index (χ2v) is 2.82. The number of hydrogen-bond acceptors (Lipinski definition) is 4. The van der Waals surface area contributed by atoms with E-state index in [1.165, 1.54) is 0 Å². The molecule has 0 aliphatic rings. The highest BCUT2D eigenvalue weighted by atomic mass is 35.5. The van der Waals surface area contributed by atoms with Crippen LogP contribution in [-0.2, 0) is 6.61 Å². The number of halogens is 1. The molecule has 0 aliphatic carbocycles. The van der Waals surface area contributed by atoms with E-state index in [1.54, 1.807) is 18.2 Å². The third-order valence-corrected chi connectivity index (χ3v) is 1.74. The van der Waals surface area contributed by atoms with Crippen LogP contribution in [0.25, 0.3) is 11.5 Å². The molecule has 0 spiro atoms. The van der Waals surface area contributed by atoms with E-state index in [2.05, 4.69) is 5.16 Å². The Morgan fingerprint density at radius 1 is 1.38 bits per heavy atom. The fraction of sp³-hybridized carbons (Fsp3) is 0.125. The number of rotatable bonds is 2. The van der Waals surface area contributed by atoms with E-state index in [0.717, 1.165) is 0 Å². The van der Waals surface area contributed by atoms with Gasteiger partial charge in [0.05, 0.1) is 6.61 Å². The van der Waals surface area contributed by atoms with Gasteiger partial charge in [-0.05, 0) is 23.7 Å². The van der Waals surface area contributed by atoms with Crippen molar-refractivity contribution in [3.05, 3.63) is 29.1 Å². The molecule has 0 radical (unpaired) electrons. The quantitative estimate of drug-likeness (QED) is 0.805. The van der Waals surface area contributed by atoms with Crippen LogP contribution >= 0.6 is 11.6 Å². The van der Waals surface area contributed by atoms with Crippen LogP contribution in [0.2, 0.25) is 5.22 Å². The van der Waals surface area contributed by atoms with Crippen LogP contribution in [-0.4, -0.2) is 10.3 Å². The molecule has 0 aromatic carbocycles. The second kappa shape index (κ2) is 3.24. The van der Waals surface area contributed by atoms with Crippen molar-refractivity contribution >= 4 is 11.6 Å². The third kappa shape index (κ3) is 1.59. The van der Waals surface area contributed by atoms with E-state index < -0.39 is 0 Å². The van der Waals surface area contributed by atoms with Crippen LogP contribution in [0.1, 0.15) is 5.69 Å². The molecule has 4 nitrogen and oxygen atoms in total. The van der Waals surface area contributed by atoms with E-state index in [9.17, 15) is 0 Å². The molecule has 0 aliphatic heterocycles. The van der Waals surface area contributed by atoms with Gasteiger partial charge in [0.1, 0.15) is 5.69 Å². The van der Waals surface area contributed by atoms with Crippen LogP contribution in [0.4, 0.5) is 0 Å². The smallest absolute Gasteiger partial charge is 0.202 e. The van der Waals surface area contributed by atoms with Crippen LogP contribution in [0.15, 0.2) is 27.1 Å². The van der Waals surface area contributed by atoms with Crippen molar-refractivity contribution in [2.24, 2.45) is 0 Å². The Bertz CT molecular complexity index is 407. The average Bonchev–Trinajstić information content (AvgIpc) is 2.71. The van der Waals surface area contributed by atoms with E-state index in [0.29, 0.717) is 17.2 Å². The van der Waals surface area contributed by atoms with Crippen molar-refractivity contribution in [2.75, 3.05) is 0 Å². The van der Waals surface area contributed by atoms with Crippen LogP contribution in [0.5, 0.6) is 0 Å². The number of aromatic nitrogens is 1. The maximum absolute atomic E-state index is 8.72. The molecule has 13 heavy (non-hydrogen) atoms. The fourth-order valence-electron chi connectivity index (χ4n) is 0.949. The van der Waals surface area contributed by atoms with E-state index >= 15 is 0 Å². The monoisotopic (exact) mass is 199 g/mol. The normalized spacial score (nSPS) is 10.6. The largest absolute Gasteiger partial charge is 0.441 e. The Balaban J connectivity index is 2.35. The van der Waals surface area contributed by atoms with Gasteiger partial charge in [0.25, 0.3) is 0 Å². The van der Waals surface area contributed by atoms with Gasteiger partial charge in [-0.2, -0.15) is 0 Å². The summed E-state index contributed by atoms with van der Waals surface area (Å²) in [6.07, 6.45) is 0. The molecular formula is C8H6ClNO3. The van der Waals surface area contributed by atoms with E-state index in [4.69, 9.17) is 25.6 Å². The Labute approximate surface area is 78.7 Å². The van der Waals surface area contributed by atoms with Crippen LogP contribution in [0.3, 0.4) is 0 Å². The van der Waals surface area contributed by atoms with E-state index in [1.807, 2.05) is 0 Å². The van der Waals surface area contributed by atoms with E-state index in [-0.39, 0.29) is 11.8 Å². The molecule has 0 unspecified atom stereocenters. The molecule has 0 atom stereocenters. The molecule has 68 valence electrons. The molecule has 5 heteroatoms. The lowest BCUT2D eigenvalue weighted by atomic mass is 10.3. The molecular weight excluding hydrogens is 194 g/mol.